The molecule has 2 aliphatic rings. The van der Waals surface area contributed by atoms with Gasteiger partial charge in [-0.15, -0.1) is 0 Å². The van der Waals surface area contributed by atoms with Crippen LogP contribution in [0.15, 0.2) is 66.7 Å². The van der Waals surface area contributed by atoms with Crippen LogP contribution in [-0.2, 0) is 49.3 Å². The Morgan fingerprint density at radius 1 is 0.843 bits per heavy atom. The Morgan fingerprint density at radius 3 is 2.08 bits per heavy atom. The van der Waals surface area contributed by atoms with Crippen molar-refractivity contribution in [1.29, 1.82) is 0 Å². The second-order valence-electron chi connectivity index (χ2n) is 12.3. The number of alkyl carbamates (subject to hydrolysis) is 1. The number of hydrogen-bond donors (Lipinski definition) is 2. The van der Waals surface area contributed by atoms with E-state index in [2.05, 4.69) is 22.8 Å². The van der Waals surface area contributed by atoms with Crippen molar-refractivity contribution in [3.05, 3.63) is 83.4 Å². The number of rotatable bonds is 12. The van der Waals surface area contributed by atoms with E-state index in [1.165, 1.54) is 6.92 Å². The topological polar surface area (TPSA) is 165 Å². The zero-order valence-corrected chi connectivity index (χ0v) is 29.1. The van der Waals surface area contributed by atoms with Crippen LogP contribution in [0.4, 0.5) is 10.5 Å². The number of ether oxygens (including phenoxy) is 6. The average Bonchev–Trinajstić information content (AvgIpc) is 3.43. The Bertz CT molecular complexity index is 1730. The number of methoxy groups -OCH3 is 1. The lowest BCUT2D eigenvalue weighted by Crippen LogP contribution is -2.60. The molecule has 5 atom stereocenters. The lowest BCUT2D eigenvalue weighted by molar-refractivity contribution is -0.261. The molecule has 0 aromatic heterocycles. The third-order valence-electron chi connectivity index (χ3n) is 8.82. The number of nitrogens with one attached hydrogen (secondary N) is 2. The number of carbonyl (C=O) groups excluding carboxylic acids is 5. The number of benzene rings is 3. The molecule has 13 heteroatoms. The van der Waals surface area contributed by atoms with E-state index < -0.39 is 60.4 Å². The van der Waals surface area contributed by atoms with Crippen LogP contribution in [-0.4, -0.2) is 74.8 Å². The highest BCUT2D eigenvalue weighted by Gasteiger charge is 2.52. The third-order valence-corrected chi connectivity index (χ3v) is 8.82. The Kier molecular flexibility index (Phi) is 11.9. The van der Waals surface area contributed by atoms with Crippen LogP contribution < -0.4 is 15.4 Å². The molecule has 2 amide bonds. The molecule has 5 rings (SSSR count). The van der Waals surface area contributed by atoms with Crippen molar-refractivity contribution < 1.29 is 52.4 Å². The Balaban J connectivity index is 1.21. The molecule has 13 nitrogen and oxygen atoms in total. The first-order valence-electron chi connectivity index (χ1n) is 16.8. The predicted octanol–water partition coefficient (Wildman–Crippen LogP) is 4.89. The summed E-state index contributed by atoms with van der Waals surface area (Å²) in [7, 11) is 1.14. The first-order chi connectivity index (χ1) is 24.5. The smallest absolute Gasteiger partial charge is 0.407 e. The average molecular weight is 703 g/mol. The van der Waals surface area contributed by atoms with Crippen molar-refractivity contribution in [2.75, 3.05) is 25.6 Å². The normalized spacial score (nSPS) is 20.6. The largest absolute Gasteiger partial charge is 0.467 e. The zero-order valence-electron chi connectivity index (χ0n) is 29.1. The van der Waals surface area contributed by atoms with E-state index >= 15 is 0 Å². The summed E-state index contributed by atoms with van der Waals surface area (Å²) in [6.07, 6.45) is -5.12. The van der Waals surface area contributed by atoms with Crippen LogP contribution in [0.2, 0.25) is 0 Å². The fourth-order valence-corrected chi connectivity index (χ4v) is 6.36. The van der Waals surface area contributed by atoms with Gasteiger partial charge >= 0.3 is 24.0 Å². The molecular formula is C38H42N2O11. The summed E-state index contributed by atoms with van der Waals surface area (Å²) < 4.78 is 33.4. The molecule has 1 heterocycles. The van der Waals surface area contributed by atoms with Gasteiger partial charge in [-0.25, -0.2) is 9.59 Å². The molecule has 0 radical (unpaired) electrons. The Labute approximate surface area is 295 Å². The number of fused-ring (bicyclic) bond motifs is 3. The third kappa shape index (κ3) is 8.66. The molecule has 51 heavy (non-hydrogen) atoms. The lowest BCUT2D eigenvalue weighted by atomic mass is 9.91. The number of esters is 3. The molecule has 0 saturated carbocycles. The predicted molar refractivity (Wildman–Crippen MR) is 184 cm³/mol. The van der Waals surface area contributed by atoms with Crippen LogP contribution in [0, 0.1) is 5.92 Å². The molecule has 0 unspecified atom stereocenters. The van der Waals surface area contributed by atoms with Gasteiger partial charge in [-0.2, -0.15) is 0 Å². The highest BCUT2D eigenvalue weighted by molar-refractivity contribution is 5.92. The van der Waals surface area contributed by atoms with Crippen molar-refractivity contribution in [2.45, 2.75) is 71.1 Å². The van der Waals surface area contributed by atoms with Gasteiger partial charge in [0.1, 0.15) is 12.4 Å². The van der Waals surface area contributed by atoms with Crippen molar-refractivity contribution >= 4 is 35.6 Å². The van der Waals surface area contributed by atoms with E-state index in [0.29, 0.717) is 12.1 Å². The van der Waals surface area contributed by atoms with E-state index in [1.807, 2.05) is 43.3 Å². The molecule has 3 aromatic carbocycles. The molecule has 3 aromatic rings. The molecule has 1 saturated heterocycles. The van der Waals surface area contributed by atoms with E-state index in [9.17, 15) is 24.0 Å². The summed E-state index contributed by atoms with van der Waals surface area (Å²) in [5.74, 6) is -3.28. The molecule has 1 fully saturated rings. The number of amides is 2. The first-order valence-corrected chi connectivity index (χ1v) is 16.8. The van der Waals surface area contributed by atoms with Crippen LogP contribution in [0.1, 0.15) is 56.7 Å². The molecule has 270 valence electrons. The second-order valence-corrected chi connectivity index (χ2v) is 12.3. The van der Waals surface area contributed by atoms with Gasteiger partial charge < -0.3 is 39.1 Å². The first kappa shape index (κ1) is 36.8. The van der Waals surface area contributed by atoms with Crippen LogP contribution >= 0.6 is 0 Å². The number of aryl methyl sites for hydroxylation is 1. The van der Waals surface area contributed by atoms with Gasteiger partial charge in [-0.3, -0.25) is 14.4 Å². The Hall–Kier alpha value is -5.43. The standard InChI is InChI=1S/C38H42N2O11/c1-6-24-15-16-31(50-37-21(2)33(48-22(3)41)34(49-23(4)42)35(51-37)36(44)46-5)30(19-24)40-32(43)17-18-39-38(45)47-20-29-27-13-9-7-11-25(27)26-12-8-10-14-28(26)29/h7-16,19,21,29,33-35,37H,6,17-18,20H2,1-5H3,(H,39,45)(H,40,43)/t21-,33-,34+,35+,37-/m1/s1. The highest BCUT2D eigenvalue weighted by atomic mass is 16.7. The van der Waals surface area contributed by atoms with E-state index in [1.54, 1.807) is 25.1 Å². The number of carbonyl (C=O) groups is 5. The van der Waals surface area contributed by atoms with Gasteiger partial charge in [-0.1, -0.05) is 68.4 Å². The van der Waals surface area contributed by atoms with Crippen molar-refractivity contribution in [3.8, 4) is 16.9 Å². The summed E-state index contributed by atoms with van der Waals surface area (Å²) in [4.78, 5) is 62.3. The van der Waals surface area contributed by atoms with Gasteiger partial charge in [0.05, 0.1) is 18.7 Å². The van der Waals surface area contributed by atoms with Gasteiger partial charge in [0.15, 0.2) is 18.3 Å². The summed E-state index contributed by atoms with van der Waals surface area (Å²) in [6.45, 7) is 6.10. The summed E-state index contributed by atoms with van der Waals surface area (Å²) in [5, 5.41) is 5.47. The monoisotopic (exact) mass is 702 g/mol. The van der Waals surface area contributed by atoms with Crippen molar-refractivity contribution in [3.63, 3.8) is 0 Å². The molecule has 2 N–H and O–H groups in total. The SMILES string of the molecule is CCc1ccc(O[C@@H]2O[C@H](C(=O)OC)[C@@H](OC(C)=O)[C@H](OC(C)=O)[C@H]2C)c(NC(=O)CCNC(=O)OCC2c3ccccc3-c3ccccc32)c1. The van der Waals surface area contributed by atoms with Gasteiger partial charge in [0, 0.05) is 32.7 Å². The summed E-state index contributed by atoms with van der Waals surface area (Å²) >= 11 is 0. The fraction of sp³-hybridized carbons (Fsp3) is 0.395. The number of hydrogen-bond acceptors (Lipinski definition) is 11. The Morgan fingerprint density at radius 2 is 1.47 bits per heavy atom. The van der Waals surface area contributed by atoms with Crippen LogP contribution in [0.25, 0.3) is 11.1 Å². The second kappa shape index (κ2) is 16.5. The van der Waals surface area contributed by atoms with E-state index in [-0.39, 0.29) is 31.2 Å². The van der Waals surface area contributed by atoms with Crippen LogP contribution in [0.5, 0.6) is 5.75 Å². The lowest BCUT2D eigenvalue weighted by Gasteiger charge is -2.42. The molecule has 0 bridgehead atoms. The number of anilines is 1. The van der Waals surface area contributed by atoms with Crippen molar-refractivity contribution in [2.24, 2.45) is 5.92 Å². The molecule has 1 aliphatic heterocycles. The zero-order chi connectivity index (χ0) is 36.7. The van der Waals surface area contributed by atoms with E-state index in [4.69, 9.17) is 28.4 Å². The minimum Gasteiger partial charge on any atom is -0.467 e. The highest BCUT2D eigenvalue weighted by Crippen LogP contribution is 2.44. The molecular weight excluding hydrogens is 660 g/mol. The quantitative estimate of drug-likeness (QED) is 0.195. The minimum absolute atomic E-state index is 0.0113. The fourth-order valence-electron chi connectivity index (χ4n) is 6.36. The van der Waals surface area contributed by atoms with Crippen LogP contribution in [0.3, 0.4) is 0 Å². The van der Waals surface area contributed by atoms with Gasteiger partial charge in [0.2, 0.25) is 12.2 Å². The molecule has 1 aliphatic carbocycles. The van der Waals surface area contributed by atoms with E-state index in [0.717, 1.165) is 41.9 Å². The van der Waals surface area contributed by atoms with Gasteiger partial charge in [-0.05, 0) is 46.4 Å². The maximum absolute atomic E-state index is 13.1. The minimum atomic E-state index is -1.47. The maximum atomic E-state index is 13.1. The summed E-state index contributed by atoms with van der Waals surface area (Å²) in [6, 6.07) is 21.3. The maximum Gasteiger partial charge on any atom is 0.407 e. The van der Waals surface area contributed by atoms with Crippen molar-refractivity contribution in [1.82, 2.24) is 5.32 Å². The summed E-state index contributed by atoms with van der Waals surface area (Å²) in [5.41, 5.74) is 5.65. The van der Waals surface area contributed by atoms with Gasteiger partial charge in [0.25, 0.3) is 0 Å². The molecule has 0 spiro atoms.